The van der Waals surface area contributed by atoms with Gasteiger partial charge in [-0.25, -0.2) is 0 Å². The number of hydrogen-bond donors (Lipinski definition) is 4. The average Bonchev–Trinajstić information content (AvgIpc) is 2.39. The molecule has 6 heteroatoms. The molecule has 0 aromatic rings. The Morgan fingerprint density at radius 3 is 1.33 bits per heavy atom. The monoisotopic (exact) mass is 266 g/mol. The third-order valence-corrected chi connectivity index (χ3v) is 2.54. The highest BCUT2D eigenvalue weighted by Crippen LogP contribution is 2.11. The lowest BCUT2D eigenvalue weighted by atomic mass is 10.0. The zero-order chi connectivity index (χ0) is 14.0. The van der Waals surface area contributed by atoms with Gasteiger partial charge in [-0.15, -0.1) is 0 Å². The quantitative estimate of drug-likeness (QED) is 0.394. The summed E-state index contributed by atoms with van der Waals surface area (Å²) in [5.74, 6) is 0. The van der Waals surface area contributed by atoms with Gasteiger partial charge in [0.15, 0.2) is 0 Å². The summed E-state index contributed by atoms with van der Waals surface area (Å²) in [4.78, 5) is 0. The van der Waals surface area contributed by atoms with Crippen molar-refractivity contribution in [2.45, 2.75) is 51.1 Å². The zero-order valence-corrected chi connectivity index (χ0v) is 11.2. The van der Waals surface area contributed by atoms with Gasteiger partial charge in [-0.3, -0.25) is 0 Å². The molecule has 0 heterocycles. The minimum Gasteiger partial charge on any atom is -0.394 e. The zero-order valence-electron chi connectivity index (χ0n) is 11.2. The van der Waals surface area contributed by atoms with E-state index in [4.69, 9.17) is 19.7 Å². The molecule has 0 saturated heterocycles. The molecule has 0 aromatic heterocycles. The highest BCUT2D eigenvalue weighted by Gasteiger charge is 2.32. The van der Waals surface area contributed by atoms with Crippen molar-refractivity contribution in [2.75, 3.05) is 26.4 Å². The Morgan fingerprint density at radius 1 is 0.778 bits per heavy atom. The number of ether oxygens (including phenoxy) is 2. The van der Waals surface area contributed by atoms with Gasteiger partial charge in [-0.2, -0.15) is 0 Å². The first-order valence-corrected chi connectivity index (χ1v) is 6.43. The summed E-state index contributed by atoms with van der Waals surface area (Å²) in [7, 11) is 0. The molecule has 110 valence electrons. The highest BCUT2D eigenvalue weighted by molar-refractivity contribution is 4.82. The van der Waals surface area contributed by atoms with Crippen molar-refractivity contribution in [3.63, 3.8) is 0 Å². The predicted molar refractivity (Wildman–Crippen MR) is 66.2 cm³/mol. The van der Waals surface area contributed by atoms with E-state index >= 15 is 0 Å². The van der Waals surface area contributed by atoms with Crippen molar-refractivity contribution in [1.29, 1.82) is 0 Å². The minimum absolute atomic E-state index is 0.384. The van der Waals surface area contributed by atoms with Gasteiger partial charge in [-0.05, 0) is 12.8 Å². The summed E-state index contributed by atoms with van der Waals surface area (Å²) in [5, 5.41) is 38.0. The van der Waals surface area contributed by atoms with E-state index in [0.29, 0.717) is 13.2 Å². The number of aliphatic hydroxyl groups is 4. The number of aliphatic hydroxyl groups excluding tert-OH is 4. The fourth-order valence-electron chi connectivity index (χ4n) is 1.50. The molecule has 18 heavy (non-hydrogen) atoms. The van der Waals surface area contributed by atoms with Gasteiger partial charge in [0.1, 0.15) is 24.4 Å². The highest BCUT2D eigenvalue weighted by atomic mass is 16.5. The molecule has 0 aliphatic carbocycles. The Balaban J connectivity index is 4.35. The second-order valence-corrected chi connectivity index (χ2v) is 4.16. The van der Waals surface area contributed by atoms with Crippen LogP contribution in [0, 0.1) is 0 Å². The molecule has 0 aliphatic heterocycles. The van der Waals surface area contributed by atoms with Crippen LogP contribution in [0.3, 0.4) is 0 Å². The molecule has 0 rings (SSSR count). The lowest BCUT2D eigenvalue weighted by molar-refractivity contribution is -0.154. The third-order valence-electron chi connectivity index (χ3n) is 2.54. The number of hydrogen-bond acceptors (Lipinski definition) is 6. The molecule has 4 atom stereocenters. The molecule has 0 radical (unpaired) electrons. The van der Waals surface area contributed by atoms with Gasteiger partial charge in [0.25, 0.3) is 0 Å². The van der Waals surface area contributed by atoms with Crippen LogP contribution >= 0.6 is 0 Å². The summed E-state index contributed by atoms with van der Waals surface area (Å²) >= 11 is 0. The van der Waals surface area contributed by atoms with Gasteiger partial charge in [0.05, 0.1) is 13.2 Å². The first-order chi connectivity index (χ1) is 8.62. The Morgan fingerprint density at radius 2 is 1.11 bits per heavy atom. The lowest BCUT2D eigenvalue weighted by Crippen LogP contribution is -2.49. The van der Waals surface area contributed by atoms with Crippen LogP contribution in [0.4, 0.5) is 0 Å². The molecule has 0 fully saturated rings. The normalized spacial score (nSPS) is 18.3. The molecule has 0 aromatic carbocycles. The largest absolute Gasteiger partial charge is 0.394 e. The Hall–Kier alpha value is -0.240. The second-order valence-electron chi connectivity index (χ2n) is 4.16. The Kier molecular flexibility index (Phi) is 10.5. The summed E-state index contributed by atoms with van der Waals surface area (Å²) in [5.41, 5.74) is 0. The maximum Gasteiger partial charge on any atom is 0.111 e. The molecule has 4 unspecified atom stereocenters. The van der Waals surface area contributed by atoms with Crippen molar-refractivity contribution >= 4 is 0 Å². The Bertz CT molecular complexity index is 169. The van der Waals surface area contributed by atoms with Crippen LogP contribution in [-0.2, 0) is 9.47 Å². The smallest absolute Gasteiger partial charge is 0.111 e. The van der Waals surface area contributed by atoms with Crippen molar-refractivity contribution in [2.24, 2.45) is 0 Å². The molecule has 4 N–H and O–H groups in total. The van der Waals surface area contributed by atoms with Gasteiger partial charge in [-0.1, -0.05) is 13.8 Å². The van der Waals surface area contributed by atoms with E-state index in [2.05, 4.69) is 0 Å². The average molecular weight is 266 g/mol. The van der Waals surface area contributed by atoms with Crippen LogP contribution in [0.5, 0.6) is 0 Å². The van der Waals surface area contributed by atoms with Crippen LogP contribution in [0.25, 0.3) is 0 Å². The van der Waals surface area contributed by atoms with Gasteiger partial charge in [0.2, 0.25) is 0 Å². The molecule has 0 bridgehead atoms. The van der Waals surface area contributed by atoms with E-state index in [0.717, 1.165) is 12.8 Å². The molecule has 0 spiro atoms. The summed E-state index contributed by atoms with van der Waals surface area (Å²) < 4.78 is 10.5. The summed E-state index contributed by atoms with van der Waals surface area (Å²) in [6, 6.07) is 0. The second kappa shape index (κ2) is 10.7. The SMILES string of the molecule is CCCOC(CO)C(O)C(O)C(CO)OCCC. The fraction of sp³-hybridized carbons (Fsp3) is 1.00. The molecular weight excluding hydrogens is 240 g/mol. The van der Waals surface area contributed by atoms with Crippen LogP contribution in [0.2, 0.25) is 0 Å². The molecule has 0 aliphatic rings. The van der Waals surface area contributed by atoms with Crippen LogP contribution < -0.4 is 0 Å². The van der Waals surface area contributed by atoms with Gasteiger partial charge >= 0.3 is 0 Å². The first-order valence-electron chi connectivity index (χ1n) is 6.43. The van der Waals surface area contributed by atoms with Gasteiger partial charge < -0.3 is 29.9 Å². The number of rotatable bonds is 11. The standard InChI is InChI=1S/C12H26O6/c1-3-5-17-9(7-13)11(15)12(16)10(8-14)18-6-4-2/h9-16H,3-8H2,1-2H3. The first kappa shape index (κ1) is 17.8. The Labute approximate surface area is 108 Å². The van der Waals surface area contributed by atoms with E-state index < -0.39 is 37.6 Å². The molecular formula is C12H26O6. The summed E-state index contributed by atoms with van der Waals surface area (Å²) in [6.07, 6.45) is -2.85. The predicted octanol–water partition coefficient (Wildman–Crippen LogP) is -0.717. The van der Waals surface area contributed by atoms with E-state index in [1.165, 1.54) is 0 Å². The van der Waals surface area contributed by atoms with Crippen molar-refractivity contribution < 1.29 is 29.9 Å². The maximum atomic E-state index is 9.88. The van der Waals surface area contributed by atoms with E-state index in [9.17, 15) is 10.2 Å². The topological polar surface area (TPSA) is 99.4 Å². The molecule has 6 nitrogen and oxygen atoms in total. The lowest BCUT2D eigenvalue weighted by Gasteiger charge is -2.30. The third kappa shape index (κ3) is 6.08. The van der Waals surface area contributed by atoms with Crippen LogP contribution in [0.1, 0.15) is 26.7 Å². The fourth-order valence-corrected chi connectivity index (χ4v) is 1.50. The minimum atomic E-state index is -1.30. The van der Waals surface area contributed by atoms with Gasteiger partial charge in [0, 0.05) is 13.2 Å². The van der Waals surface area contributed by atoms with Crippen molar-refractivity contribution in [3.05, 3.63) is 0 Å². The van der Waals surface area contributed by atoms with Crippen LogP contribution in [0.15, 0.2) is 0 Å². The van der Waals surface area contributed by atoms with Crippen LogP contribution in [-0.4, -0.2) is 71.3 Å². The molecule has 0 amide bonds. The summed E-state index contributed by atoms with van der Waals surface area (Å²) in [6.45, 7) is 3.77. The van der Waals surface area contributed by atoms with E-state index in [1.807, 2.05) is 13.8 Å². The maximum absolute atomic E-state index is 9.88. The molecule has 0 saturated carbocycles. The van der Waals surface area contributed by atoms with Crippen molar-refractivity contribution in [3.8, 4) is 0 Å². The van der Waals surface area contributed by atoms with E-state index in [-0.39, 0.29) is 0 Å². The van der Waals surface area contributed by atoms with Crippen molar-refractivity contribution in [1.82, 2.24) is 0 Å². The van der Waals surface area contributed by atoms with E-state index in [1.54, 1.807) is 0 Å².